The van der Waals surface area contributed by atoms with Crippen molar-refractivity contribution in [3.63, 3.8) is 0 Å². The quantitative estimate of drug-likeness (QED) is 0.866. The molecule has 1 aliphatic carbocycles. The van der Waals surface area contributed by atoms with E-state index in [9.17, 15) is 0 Å². The van der Waals surface area contributed by atoms with Crippen LogP contribution in [0.3, 0.4) is 0 Å². The molecule has 5 nitrogen and oxygen atoms in total. The summed E-state index contributed by atoms with van der Waals surface area (Å²) >= 11 is 0. The molecule has 1 unspecified atom stereocenters. The van der Waals surface area contributed by atoms with Crippen LogP contribution < -0.4 is 10.5 Å². The monoisotopic (exact) mass is 280 g/mol. The van der Waals surface area contributed by atoms with Crippen LogP contribution in [0, 0.1) is 5.41 Å². The van der Waals surface area contributed by atoms with Gasteiger partial charge in [0.25, 0.3) is 0 Å². The first-order valence-electron chi connectivity index (χ1n) is 7.48. The summed E-state index contributed by atoms with van der Waals surface area (Å²) in [4.78, 5) is 2.15. The van der Waals surface area contributed by atoms with Crippen LogP contribution in [0.4, 0.5) is 0 Å². The maximum absolute atomic E-state index is 6.61. The fourth-order valence-corrected chi connectivity index (χ4v) is 3.15. The van der Waals surface area contributed by atoms with Crippen LogP contribution in [0.1, 0.15) is 44.3 Å². The van der Waals surface area contributed by atoms with E-state index in [1.807, 2.05) is 4.68 Å². The van der Waals surface area contributed by atoms with E-state index in [0.717, 1.165) is 24.5 Å². The van der Waals surface area contributed by atoms with E-state index < -0.39 is 0 Å². The Morgan fingerprint density at radius 1 is 1.45 bits per heavy atom. The van der Waals surface area contributed by atoms with Crippen LogP contribution >= 0.6 is 0 Å². The molecule has 1 atom stereocenters. The van der Waals surface area contributed by atoms with E-state index in [-0.39, 0.29) is 11.5 Å². The van der Waals surface area contributed by atoms with Gasteiger partial charge in [-0.2, -0.15) is 5.10 Å². The van der Waals surface area contributed by atoms with Crippen molar-refractivity contribution in [2.45, 2.75) is 45.2 Å². The number of rotatable bonds is 6. The van der Waals surface area contributed by atoms with Crippen molar-refractivity contribution in [1.82, 2.24) is 14.7 Å². The summed E-state index contributed by atoms with van der Waals surface area (Å²) in [6.07, 6.45) is 6.73. The molecule has 1 aliphatic rings. The maximum Gasteiger partial charge on any atom is 0.161 e. The van der Waals surface area contributed by atoms with Gasteiger partial charge in [-0.1, -0.05) is 19.8 Å². The Hall–Kier alpha value is -1.07. The lowest BCUT2D eigenvalue weighted by atomic mass is 9.79. The molecule has 1 aromatic rings. The average Bonchev–Trinajstić information content (AvgIpc) is 3.02. The summed E-state index contributed by atoms with van der Waals surface area (Å²) in [5.41, 5.74) is 7.83. The lowest BCUT2D eigenvalue weighted by Crippen LogP contribution is -2.32. The SMILES string of the molecule is COc1cnn(CCN(C)C)c1C(N)C1(C)CCCC1. The summed E-state index contributed by atoms with van der Waals surface area (Å²) in [6.45, 7) is 4.09. The lowest BCUT2D eigenvalue weighted by molar-refractivity contribution is 0.244. The zero-order valence-electron chi connectivity index (χ0n) is 13.2. The number of methoxy groups -OCH3 is 1. The molecule has 1 fully saturated rings. The number of nitrogens with two attached hydrogens (primary N) is 1. The minimum absolute atomic E-state index is 0.00962. The topological polar surface area (TPSA) is 56.3 Å². The minimum Gasteiger partial charge on any atom is -0.493 e. The predicted octanol–water partition coefficient (Wildman–Crippen LogP) is 2.03. The third-order valence-corrected chi connectivity index (χ3v) is 4.62. The van der Waals surface area contributed by atoms with Crippen LogP contribution in [0.25, 0.3) is 0 Å². The van der Waals surface area contributed by atoms with Crippen molar-refractivity contribution in [2.24, 2.45) is 11.1 Å². The molecule has 1 saturated carbocycles. The standard InChI is InChI=1S/C15H28N4O/c1-15(7-5-6-8-15)14(16)13-12(20-4)11-17-19(13)10-9-18(2)3/h11,14H,5-10,16H2,1-4H3. The van der Waals surface area contributed by atoms with E-state index in [1.54, 1.807) is 13.3 Å². The summed E-state index contributed by atoms with van der Waals surface area (Å²) < 4.78 is 7.50. The first kappa shape index (κ1) is 15.3. The second-order valence-corrected chi connectivity index (χ2v) is 6.46. The zero-order chi connectivity index (χ0) is 14.8. The molecule has 0 radical (unpaired) electrons. The molecule has 5 heteroatoms. The van der Waals surface area contributed by atoms with Crippen molar-refractivity contribution < 1.29 is 4.74 Å². The Balaban J connectivity index is 2.25. The fraction of sp³-hybridized carbons (Fsp3) is 0.800. The number of hydrogen-bond donors (Lipinski definition) is 1. The van der Waals surface area contributed by atoms with Crippen molar-refractivity contribution in [1.29, 1.82) is 0 Å². The van der Waals surface area contributed by atoms with Gasteiger partial charge >= 0.3 is 0 Å². The molecule has 2 rings (SSSR count). The smallest absolute Gasteiger partial charge is 0.161 e. The number of likely N-dealkylation sites (N-methyl/N-ethyl adjacent to an activating group) is 1. The molecule has 1 heterocycles. The van der Waals surface area contributed by atoms with E-state index in [1.165, 1.54) is 25.7 Å². The minimum atomic E-state index is -0.00962. The summed E-state index contributed by atoms with van der Waals surface area (Å²) in [6, 6.07) is -0.00962. The summed E-state index contributed by atoms with van der Waals surface area (Å²) in [7, 11) is 5.83. The largest absolute Gasteiger partial charge is 0.493 e. The highest BCUT2D eigenvalue weighted by molar-refractivity contribution is 5.30. The van der Waals surface area contributed by atoms with E-state index in [2.05, 4.69) is 31.0 Å². The fourth-order valence-electron chi connectivity index (χ4n) is 3.15. The normalized spacial score (nSPS) is 19.5. The second kappa shape index (κ2) is 6.14. The lowest BCUT2D eigenvalue weighted by Gasteiger charge is -2.32. The van der Waals surface area contributed by atoms with Crippen LogP contribution in [-0.4, -0.2) is 42.4 Å². The highest BCUT2D eigenvalue weighted by Gasteiger charge is 2.38. The molecule has 0 amide bonds. The van der Waals surface area contributed by atoms with Gasteiger partial charge in [-0.05, 0) is 32.4 Å². The molecule has 20 heavy (non-hydrogen) atoms. The molecule has 1 aromatic heterocycles. The molecular weight excluding hydrogens is 252 g/mol. The van der Waals surface area contributed by atoms with Gasteiger partial charge in [0.2, 0.25) is 0 Å². The molecule has 114 valence electrons. The Bertz CT molecular complexity index is 435. The number of hydrogen-bond acceptors (Lipinski definition) is 4. The van der Waals surface area contributed by atoms with Crippen molar-refractivity contribution in [3.8, 4) is 5.75 Å². The summed E-state index contributed by atoms with van der Waals surface area (Å²) in [5, 5.41) is 4.47. The number of ether oxygens (including phenoxy) is 1. The van der Waals surface area contributed by atoms with Gasteiger partial charge in [-0.3, -0.25) is 4.68 Å². The van der Waals surface area contributed by atoms with Gasteiger partial charge in [0.1, 0.15) is 0 Å². The average molecular weight is 280 g/mol. The maximum atomic E-state index is 6.61. The Morgan fingerprint density at radius 3 is 2.65 bits per heavy atom. The zero-order valence-corrected chi connectivity index (χ0v) is 13.2. The second-order valence-electron chi connectivity index (χ2n) is 6.46. The Kier molecular flexibility index (Phi) is 4.70. The van der Waals surface area contributed by atoms with Crippen molar-refractivity contribution in [3.05, 3.63) is 11.9 Å². The van der Waals surface area contributed by atoms with E-state index >= 15 is 0 Å². The Morgan fingerprint density at radius 2 is 2.10 bits per heavy atom. The van der Waals surface area contributed by atoms with E-state index in [0.29, 0.717) is 0 Å². The van der Waals surface area contributed by atoms with Gasteiger partial charge in [0.15, 0.2) is 5.75 Å². The highest BCUT2D eigenvalue weighted by atomic mass is 16.5. The molecule has 0 spiro atoms. The highest BCUT2D eigenvalue weighted by Crippen LogP contribution is 2.47. The molecule has 0 aromatic carbocycles. The van der Waals surface area contributed by atoms with Gasteiger partial charge in [-0.15, -0.1) is 0 Å². The molecule has 0 aliphatic heterocycles. The third kappa shape index (κ3) is 2.99. The first-order valence-corrected chi connectivity index (χ1v) is 7.48. The van der Waals surface area contributed by atoms with Crippen LogP contribution in [0.2, 0.25) is 0 Å². The molecule has 0 bridgehead atoms. The number of nitrogens with zero attached hydrogens (tertiary/aromatic N) is 3. The van der Waals surface area contributed by atoms with Crippen molar-refractivity contribution >= 4 is 0 Å². The van der Waals surface area contributed by atoms with Crippen LogP contribution in [-0.2, 0) is 6.54 Å². The Labute approximate surface area is 122 Å². The van der Waals surface area contributed by atoms with Gasteiger partial charge in [-0.25, -0.2) is 0 Å². The third-order valence-electron chi connectivity index (χ3n) is 4.62. The molecule has 2 N–H and O–H groups in total. The van der Waals surface area contributed by atoms with Gasteiger partial charge in [0.05, 0.1) is 31.6 Å². The predicted molar refractivity (Wildman–Crippen MR) is 80.8 cm³/mol. The molecular formula is C15H28N4O. The first-order chi connectivity index (χ1) is 9.48. The van der Waals surface area contributed by atoms with Crippen molar-refractivity contribution in [2.75, 3.05) is 27.7 Å². The van der Waals surface area contributed by atoms with Gasteiger partial charge < -0.3 is 15.4 Å². The van der Waals surface area contributed by atoms with E-state index in [4.69, 9.17) is 10.5 Å². The van der Waals surface area contributed by atoms with Crippen LogP contribution in [0.15, 0.2) is 6.20 Å². The molecule has 0 saturated heterocycles. The number of aromatic nitrogens is 2. The summed E-state index contributed by atoms with van der Waals surface area (Å²) in [5.74, 6) is 0.824. The van der Waals surface area contributed by atoms with Gasteiger partial charge in [0, 0.05) is 6.54 Å². The van der Waals surface area contributed by atoms with Crippen LogP contribution in [0.5, 0.6) is 5.75 Å².